The first-order valence-corrected chi connectivity index (χ1v) is 6.90. The van der Waals surface area contributed by atoms with Crippen molar-refractivity contribution in [3.63, 3.8) is 0 Å². The first-order valence-electron chi connectivity index (χ1n) is 6.90. The Morgan fingerprint density at radius 3 is 2.52 bits per heavy atom. The van der Waals surface area contributed by atoms with Crippen LogP contribution >= 0.6 is 0 Å². The van der Waals surface area contributed by atoms with Gasteiger partial charge in [0.05, 0.1) is 12.6 Å². The molecule has 4 N–H and O–H groups in total. The van der Waals surface area contributed by atoms with Crippen LogP contribution in [0.15, 0.2) is 30.3 Å². The number of hydrogen-bond donors (Lipinski definition) is 3. The van der Waals surface area contributed by atoms with Crippen molar-refractivity contribution in [2.24, 2.45) is 5.84 Å². The SMILES string of the molecule is CCCOc1nc(NN)nc(NC(C)c2ccccc2)n1. The minimum absolute atomic E-state index is 0.0539. The van der Waals surface area contributed by atoms with Gasteiger partial charge in [0.25, 0.3) is 0 Å². The van der Waals surface area contributed by atoms with Gasteiger partial charge < -0.3 is 10.1 Å². The summed E-state index contributed by atoms with van der Waals surface area (Å²) in [6, 6.07) is 10.3. The van der Waals surface area contributed by atoms with Gasteiger partial charge in [-0.25, -0.2) is 5.84 Å². The van der Waals surface area contributed by atoms with Crippen molar-refractivity contribution in [3.05, 3.63) is 35.9 Å². The first-order chi connectivity index (χ1) is 10.2. The molecule has 1 aromatic carbocycles. The molecule has 0 aliphatic carbocycles. The van der Waals surface area contributed by atoms with Gasteiger partial charge in [-0.2, -0.15) is 15.0 Å². The molecule has 1 aromatic heterocycles. The molecule has 0 radical (unpaired) electrons. The second kappa shape index (κ2) is 7.39. The zero-order chi connectivity index (χ0) is 15.1. The van der Waals surface area contributed by atoms with E-state index in [1.54, 1.807) is 0 Å². The Morgan fingerprint density at radius 1 is 1.14 bits per heavy atom. The molecule has 2 aromatic rings. The third-order valence-electron chi connectivity index (χ3n) is 2.82. The minimum Gasteiger partial charge on any atom is -0.463 e. The molecule has 0 saturated heterocycles. The zero-order valence-electron chi connectivity index (χ0n) is 12.2. The number of anilines is 2. The average molecular weight is 288 g/mol. The lowest BCUT2D eigenvalue weighted by molar-refractivity contribution is 0.292. The second-order valence-corrected chi connectivity index (χ2v) is 4.53. The molecule has 1 heterocycles. The van der Waals surface area contributed by atoms with Crippen LogP contribution < -0.4 is 21.3 Å². The number of nitrogens with one attached hydrogen (secondary N) is 2. The van der Waals surface area contributed by atoms with Crippen molar-refractivity contribution < 1.29 is 4.74 Å². The highest BCUT2D eigenvalue weighted by molar-refractivity contribution is 5.37. The number of hydrazine groups is 1. The van der Waals surface area contributed by atoms with Crippen molar-refractivity contribution in [1.29, 1.82) is 0 Å². The Bertz CT molecular complexity index is 563. The van der Waals surface area contributed by atoms with Crippen LogP contribution in [-0.2, 0) is 0 Å². The van der Waals surface area contributed by atoms with Crippen LogP contribution in [0.25, 0.3) is 0 Å². The van der Waals surface area contributed by atoms with Gasteiger partial charge in [0.2, 0.25) is 11.9 Å². The predicted octanol–water partition coefficient (Wildman–Crippen LogP) is 2.12. The van der Waals surface area contributed by atoms with Gasteiger partial charge >= 0.3 is 6.01 Å². The molecule has 0 aliphatic rings. The number of hydrogen-bond acceptors (Lipinski definition) is 7. The lowest BCUT2D eigenvalue weighted by atomic mass is 10.1. The topological polar surface area (TPSA) is 98.0 Å². The molecule has 0 saturated carbocycles. The molecule has 7 nitrogen and oxygen atoms in total. The van der Waals surface area contributed by atoms with E-state index in [0.717, 1.165) is 12.0 Å². The van der Waals surface area contributed by atoms with E-state index in [2.05, 4.69) is 25.7 Å². The summed E-state index contributed by atoms with van der Waals surface area (Å²) < 4.78 is 5.43. The van der Waals surface area contributed by atoms with E-state index in [4.69, 9.17) is 10.6 Å². The third-order valence-corrected chi connectivity index (χ3v) is 2.82. The Labute approximate surface area is 123 Å². The van der Waals surface area contributed by atoms with Crippen LogP contribution in [0.1, 0.15) is 31.9 Å². The fraction of sp³-hybridized carbons (Fsp3) is 0.357. The molecular weight excluding hydrogens is 268 g/mol. The number of nitrogens with zero attached hydrogens (tertiary/aromatic N) is 3. The highest BCUT2D eigenvalue weighted by Gasteiger charge is 2.10. The summed E-state index contributed by atoms with van der Waals surface area (Å²) in [5.74, 6) is 6.05. The largest absolute Gasteiger partial charge is 0.463 e. The molecule has 1 atom stereocenters. The van der Waals surface area contributed by atoms with Crippen LogP contribution in [0.4, 0.5) is 11.9 Å². The maximum absolute atomic E-state index is 5.43. The van der Waals surface area contributed by atoms with E-state index in [9.17, 15) is 0 Å². The number of nitrogens with two attached hydrogens (primary N) is 1. The number of rotatable bonds is 7. The number of nitrogen functional groups attached to an aromatic ring is 1. The molecule has 0 fully saturated rings. The maximum Gasteiger partial charge on any atom is 0.323 e. The summed E-state index contributed by atoms with van der Waals surface area (Å²) in [7, 11) is 0. The van der Waals surface area contributed by atoms with Gasteiger partial charge in [-0.3, -0.25) is 5.43 Å². The second-order valence-electron chi connectivity index (χ2n) is 4.53. The molecule has 112 valence electrons. The van der Waals surface area contributed by atoms with Crippen molar-refractivity contribution >= 4 is 11.9 Å². The Morgan fingerprint density at radius 2 is 1.86 bits per heavy atom. The highest BCUT2D eigenvalue weighted by Crippen LogP contribution is 2.18. The van der Waals surface area contributed by atoms with E-state index in [1.165, 1.54) is 0 Å². The zero-order valence-corrected chi connectivity index (χ0v) is 12.2. The van der Waals surface area contributed by atoms with Gasteiger partial charge in [0.15, 0.2) is 0 Å². The van der Waals surface area contributed by atoms with Gasteiger partial charge in [0, 0.05) is 0 Å². The van der Waals surface area contributed by atoms with E-state index >= 15 is 0 Å². The Kier molecular flexibility index (Phi) is 5.28. The van der Waals surface area contributed by atoms with Crippen molar-refractivity contribution in [2.75, 3.05) is 17.3 Å². The standard InChI is InChI=1S/C14H20N6O/c1-3-9-21-14-18-12(17-13(19-14)20-15)16-10(2)11-7-5-4-6-8-11/h4-8,10H,3,9,15H2,1-2H3,(H2,16,17,18,19,20). The van der Waals surface area contributed by atoms with Crippen LogP contribution in [0.3, 0.4) is 0 Å². The van der Waals surface area contributed by atoms with Crippen LogP contribution in [0.5, 0.6) is 6.01 Å². The molecule has 0 spiro atoms. The van der Waals surface area contributed by atoms with E-state index in [1.807, 2.05) is 44.2 Å². The van der Waals surface area contributed by atoms with Gasteiger partial charge in [-0.15, -0.1) is 0 Å². The molecule has 7 heteroatoms. The molecule has 0 bridgehead atoms. The van der Waals surface area contributed by atoms with E-state index in [-0.39, 0.29) is 18.0 Å². The van der Waals surface area contributed by atoms with Crippen molar-refractivity contribution in [3.8, 4) is 6.01 Å². The lowest BCUT2D eigenvalue weighted by Crippen LogP contribution is -2.16. The number of ether oxygens (including phenoxy) is 1. The van der Waals surface area contributed by atoms with Crippen LogP contribution in [0, 0.1) is 0 Å². The van der Waals surface area contributed by atoms with Crippen molar-refractivity contribution in [2.45, 2.75) is 26.3 Å². The van der Waals surface area contributed by atoms with Crippen molar-refractivity contribution in [1.82, 2.24) is 15.0 Å². The average Bonchev–Trinajstić information content (AvgIpc) is 2.53. The fourth-order valence-corrected chi connectivity index (χ4v) is 1.76. The number of aromatic nitrogens is 3. The third kappa shape index (κ3) is 4.28. The monoisotopic (exact) mass is 288 g/mol. The molecular formula is C14H20N6O. The summed E-state index contributed by atoms with van der Waals surface area (Å²) >= 11 is 0. The molecule has 1 unspecified atom stereocenters. The summed E-state index contributed by atoms with van der Waals surface area (Å²) in [5.41, 5.74) is 3.55. The van der Waals surface area contributed by atoms with Gasteiger partial charge in [-0.05, 0) is 18.9 Å². The van der Waals surface area contributed by atoms with Gasteiger partial charge in [-0.1, -0.05) is 37.3 Å². The Balaban J connectivity index is 2.14. The summed E-state index contributed by atoms with van der Waals surface area (Å²) in [4.78, 5) is 12.5. The minimum atomic E-state index is 0.0539. The highest BCUT2D eigenvalue weighted by atomic mass is 16.5. The Hall–Kier alpha value is -2.41. The normalized spacial score (nSPS) is 11.8. The summed E-state index contributed by atoms with van der Waals surface area (Å²) in [6.45, 7) is 4.59. The maximum atomic E-state index is 5.43. The smallest absolute Gasteiger partial charge is 0.323 e. The van der Waals surface area contributed by atoms with E-state index in [0.29, 0.717) is 12.6 Å². The quantitative estimate of drug-likeness (QED) is 0.530. The molecule has 2 rings (SSSR count). The first kappa shape index (κ1) is 15.0. The summed E-state index contributed by atoms with van der Waals surface area (Å²) in [5, 5.41) is 3.21. The molecule has 0 aliphatic heterocycles. The summed E-state index contributed by atoms with van der Waals surface area (Å²) in [6.07, 6.45) is 0.875. The lowest BCUT2D eigenvalue weighted by Gasteiger charge is -2.15. The van der Waals surface area contributed by atoms with Crippen LogP contribution in [0.2, 0.25) is 0 Å². The number of benzene rings is 1. The fourth-order valence-electron chi connectivity index (χ4n) is 1.76. The van der Waals surface area contributed by atoms with Gasteiger partial charge in [0.1, 0.15) is 0 Å². The molecule has 0 amide bonds. The molecule has 21 heavy (non-hydrogen) atoms. The van der Waals surface area contributed by atoms with Crippen LogP contribution in [-0.4, -0.2) is 21.6 Å². The predicted molar refractivity (Wildman–Crippen MR) is 81.9 cm³/mol. The van der Waals surface area contributed by atoms with E-state index < -0.39 is 0 Å².